The lowest BCUT2D eigenvalue weighted by molar-refractivity contribution is -0.0581. The Labute approximate surface area is 117 Å². The molecule has 1 aromatic rings. The van der Waals surface area contributed by atoms with Gasteiger partial charge in [-0.1, -0.05) is 23.2 Å². The first-order chi connectivity index (χ1) is 8.57. The van der Waals surface area contributed by atoms with Crippen LogP contribution in [-0.2, 0) is 4.74 Å². The van der Waals surface area contributed by atoms with E-state index in [0.29, 0.717) is 29.8 Å². The standard InChI is InChI=1S/C13H17Cl2NO2/c14-10-5-9(6-11(15)7-10)12(17)13(8-16)1-3-18-4-2-13/h5-7,12,17H,1-4,8,16H2. The Morgan fingerprint density at radius 2 is 1.78 bits per heavy atom. The summed E-state index contributed by atoms with van der Waals surface area (Å²) in [4.78, 5) is 0. The average Bonchev–Trinajstić information content (AvgIpc) is 2.37. The van der Waals surface area contributed by atoms with E-state index < -0.39 is 6.10 Å². The maximum absolute atomic E-state index is 10.6. The van der Waals surface area contributed by atoms with E-state index in [0.717, 1.165) is 18.4 Å². The van der Waals surface area contributed by atoms with E-state index in [-0.39, 0.29) is 5.41 Å². The van der Waals surface area contributed by atoms with Crippen molar-refractivity contribution in [1.82, 2.24) is 0 Å². The van der Waals surface area contributed by atoms with Crippen LogP contribution >= 0.6 is 23.2 Å². The first-order valence-electron chi connectivity index (χ1n) is 5.99. The molecule has 0 saturated carbocycles. The molecular formula is C13H17Cl2NO2. The number of halogens is 2. The monoisotopic (exact) mass is 289 g/mol. The van der Waals surface area contributed by atoms with Gasteiger partial charge in [0.2, 0.25) is 0 Å². The molecule has 1 aromatic carbocycles. The van der Waals surface area contributed by atoms with Gasteiger partial charge in [-0.25, -0.2) is 0 Å². The molecule has 0 aromatic heterocycles. The molecule has 2 rings (SSSR count). The van der Waals surface area contributed by atoms with Crippen molar-refractivity contribution in [3.63, 3.8) is 0 Å². The topological polar surface area (TPSA) is 55.5 Å². The van der Waals surface area contributed by atoms with Crippen molar-refractivity contribution >= 4 is 23.2 Å². The van der Waals surface area contributed by atoms with Crippen LogP contribution in [0.2, 0.25) is 10.0 Å². The highest BCUT2D eigenvalue weighted by molar-refractivity contribution is 6.34. The van der Waals surface area contributed by atoms with Gasteiger partial charge in [-0.2, -0.15) is 0 Å². The zero-order valence-electron chi connectivity index (χ0n) is 10.0. The van der Waals surface area contributed by atoms with Crippen LogP contribution in [0.4, 0.5) is 0 Å². The predicted molar refractivity (Wildman–Crippen MR) is 73.0 cm³/mol. The van der Waals surface area contributed by atoms with Crippen molar-refractivity contribution in [2.75, 3.05) is 19.8 Å². The molecule has 1 fully saturated rings. The highest BCUT2D eigenvalue weighted by atomic mass is 35.5. The van der Waals surface area contributed by atoms with E-state index in [1.165, 1.54) is 0 Å². The number of rotatable bonds is 3. The van der Waals surface area contributed by atoms with Crippen LogP contribution in [0.1, 0.15) is 24.5 Å². The number of aliphatic hydroxyl groups is 1. The summed E-state index contributed by atoms with van der Waals surface area (Å²) >= 11 is 11.9. The molecule has 0 aliphatic carbocycles. The minimum Gasteiger partial charge on any atom is -0.388 e. The van der Waals surface area contributed by atoms with Gasteiger partial charge in [-0.15, -0.1) is 0 Å². The molecule has 3 N–H and O–H groups in total. The minimum atomic E-state index is -0.664. The normalized spacial score (nSPS) is 20.7. The largest absolute Gasteiger partial charge is 0.388 e. The van der Waals surface area contributed by atoms with Gasteiger partial charge in [0.1, 0.15) is 0 Å². The molecule has 1 aliphatic rings. The fourth-order valence-electron chi connectivity index (χ4n) is 2.45. The second-order valence-corrected chi connectivity index (χ2v) is 5.66. The van der Waals surface area contributed by atoms with Crippen LogP contribution in [0.3, 0.4) is 0 Å². The summed E-state index contributed by atoms with van der Waals surface area (Å²) in [5.41, 5.74) is 6.25. The van der Waals surface area contributed by atoms with E-state index in [2.05, 4.69) is 0 Å². The van der Waals surface area contributed by atoms with Crippen molar-refractivity contribution in [1.29, 1.82) is 0 Å². The zero-order valence-corrected chi connectivity index (χ0v) is 11.5. The maximum atomic E-state index is 10.6. The summed E-state index contributed by atoms with van der Waals surface area (Å²) in [5, 5.41) is 11.6. The second kappa shape index (κ2) is 5.76. The highest BCUT2D eigenvalue weighted by Crippen LogP contribution is 2.42. The summed E-state index contributed by atoms with van der Waals surface area (Å²) < 4.78 is 5.34. The predicted octanol–water partition coefficient (Wildman–Crippen LogP) is 2.78. The van der Waals surface area contributed by atoms with E-state index in [1.54, 1.807) is 18.2 Å². The second-order valence-electron chi connectivity index (χ2n) is 4.78. The summed E-state index contributed by atoms with van der Waals surface area (Å²) in [5.74, 6) is 0. The van der Waals surface area contributed by atoms with E-state index >= 15 is 0 Å². The summed E-state index contributed by atoms with van der Waals surface area (Å²) in [6.45, 7) is 1.67. The summed E-state index contributed by atoms with van der Waals surface area (Å²) in [7, 11) is 0. The van der Waals surface area contributed by atoms with Crippen molar-refractivity contribution < 1.29 is 9.84 Å². The lowest BCUT2D eigenvalue weighted by Gasteiger charge is -2.40. The number of nitrogens with two attached hydrogens (primary N) is 1. The minimum absolute atomic E-state index is 0.341. The number of aliphatic hydroxyl groups excluding tert-OH is 1. The molecule has 0 bridgehead atoms. The number of benzene rings is 1. The summed E-state index contributed by atoms with van der Waals surface area (Å²) in [6, 6.07) is 5.13. The molecule has 3 nitrogen and oxygen atoms in total. The Hall–Kier alpha value is -0.320. The fraction of sp³-hybridized carbons (Fsp3) is 0.538. The first-order valence-corrected chi connectivity index (χ1v) is 6.75. The van der Waals surface area contributed by atoms with Crippen LogP contribution in [0.25, 0.3) is 0 Å². The van der Waals surface area contributed by atoms with Crippen molar-refractivity contribution in [3.8, 4) is 0 Å². The maximum Gasteiger partial charge on any atom is 0.0861 e. The molecule has 1 aliphatic heterocycles. The van der Waals surface area contributed by atoms with Crippen LogP contribution in [0.5, 0.6) is 0 Å². The van der Waals surface area contributed by atoms with E-state index in [1.807, 2.05) is 0 Å². The Morgan fingerprint density at radius 1 is 1.22 bits per heavy atom. The Kier molecular flexibility index (Phi) is 4.51. The van der Waals surface area contributed by atoms with Gasteiger partial charge in [0.05, 0.1) is 6.10 Å². The van der Waals surface area contributed by atoms with E-state index in [4.69, 9.17) is 33.7 Å². The molecule has 1 atom stereocenters. The van der Waals surface area contributed by atoms with Crippen molar-refractivity contribution in [2.24, 2.45) is 11.1 Å². The number of ether oxygens (including phenoxy) is 1. The number of hydrogen-bond acceptors (Lipinski definition) is 3. The molecule has 0 amide bonds. The third-order valence-electron chi connectivity index (χ3n) is 3.68. The van der Waals surface area contributed by atoms with Crippen LogP contribution < -0.4 is 5.73 Å². The molecule has 1 unspecified atom stereocenters. The third kappa shape index (κ3) is 2.81. The Morgan fingerprint density at radius 3 is 2.28 bits per heavy atom. The molecule has 5 heteroatoms. The van der Waals surface area contributed by atoms with Gasteiger partial charge in [-0.3, -0.25) is 0 Å². The molecular weight excluding hydrogens is 273 g/mol. The Bertz CT molecular complexity index is 399. The molecule has 1 saturated heterocycles. The molecule has 1 heterocycles. The number of hydrogen-bond donors (Lipinski definition) is 2. The van der Waals surface area contributed by atoms with Gasteiger partial charge in [0, 0.05) is 35.2 Å². The molecule has 100 valence electrons. The van der Waals surface area contributed by atoms with Crippen molar-refractivity contribution in [2.45, 2.75) is 18.9 Å². The molecule has 18 heavy (non-hydrogen) atoms. The lowest BCUT2D eigenvalue weighted by Crippen LogP contribution is -2.41. The van der Waals surface area contributed by atoms with Gasteiger partial charge in [0.15, 0.2) is 0 Å². The zero-order chi connectivity index (χ0) is 13.2. The van der Waals surface area contributed by atoms with Gasteiger partial charge in [0.25, 0.3) is 0 Å². The van der Waals surface area contributed by atoms with Crippen LogP contribution in [-0.4, -0.2) is 24.9 Å². The smallest absolute Gasteiger partial charge is 0.0861 e. The fourth-order valence-corrected chi connectivity index (χ4v) is 3.00. The lowest BCUT2D eigenvalue weighted by atomic mass is 9.73. The van der Waals surface area contributed by atoms with Gasteiger partial charge >= 0.3 is 0 Å². The van der Waals surface area contributed by atoms with E-state index in [9.17, 15) is 5.11 Å². The van der Waals surface area contributed by atoms with Gasteiger partial charge < -0.3 is 15.6 Å². The molecule has 0 spiro atoms. The SMILES string of the molecule is NCC1(C(O)c2cc(Cl)cc(Cl)c2)CCOCC1. The highest BCUT2D eigenvalue weighted by Gasteiger charge is 2.39. The van der Waals surface area contributed by atoms with Crippen LogP contribution in [0.15, 0.2) is 18.2 Å². The van der Waals surface area contributed by atoms with Crippen molar-refractivity contribution in [3.05, 3.63) is 33.8 Å². The Balaban J connectivity index is 2.30. The van der Waals surface area contributed by atoms with Gasteiger partial charge in [-0.05, 0) is 36.6 Å². The third-order valence-corrected chi connectivity index (χ3v) is 4.11. The quantitative estimate of drug-likeness (QED) is 0.900. The average molecular weight is 290 g/mol. The van der Waals surface area contributed by atoms with Crippen LogP contribution in [0, 0.1) is 5.41 Å². The molecule has 0 radical (unpaired) electrons. The first kappa shape index (κ1) is 14.1. The summed E-state index contributed by atoms with van der Waals surface area (Å²) in [6.07, 6.45) is 0.825.